The summed E-state index contributed by atoms with van der Waals surface area (Å²) in [4.78, 5) is 11.7. The van der Waals surface area contributed by atoms with E-state index >= 15 is 0 Å². The first-order chi connectivity index (χ1) is 9.40. The lowest BCUT2D eigenvalue weighted by atomic mass is 10.2. The van der Waals surface area contributed by atoms with Gasteiger partial charge in [0.1, 0.15) is 5.82 Å². The van der Waals surface area contributed by atoms with Crippen LogP contribution in [-0.4, -0.2) is 14.3 Å². The molecule has 104 valence electrons. The van der Waals surface area contributed by atoms with Crippen molar-refractivity contribution in [3.05, 3.63) is 59.9 Å². The van der Waals surface area contributed by atoms with Crippen LogP contribution in [0.4, 0.5) is 10.1 Å². The number of carbonyl (C=O) groups is 1. The van der Waals surface area contributed by atoms with Crippen LogP contribution in [0.1, 0.15) is 10.4 Å². The van der Waals surface area contributed by atoms with Crippen LogP contribution in [-0.2, 0) is 10.0 Å². The third-order valence-electron chi connectivity index (χ3n) is 2.56. The molecular weight excluding hydrogens is 283 g/mol. The first-order valence-corrected chi connectivity index (χ1v) is 7.06. The summed E-state index contributed by atoms with van der Waals surface area (Å²) in [6, 6.07) is 10.2. The van der Waals surface area contributed by atoms with E-state index in [4.69, 9.17) is 5.73 Å². The number of anilines is 1. The number of nitrogen functional groups attached to an aromatic ring is 1. The van der Waals surface area contributed by atoms with Gasteiger partial charge in [0.2, 0.25) is 0 Å². The zero-order chi connectivity index (χ0) is 14.8. The van der Waals surface area contributed by atoms with Gasteiger partial charge in [-0.05, 0) is 36.4 Å². The Hall–Kier alpha value is -2.41. The molecular formula is C13H11FN2O3S. The highest BCUT2D eigenvalue weighted by Crippen LogP contribution is 2.13. The van der Waals surface area contributed by atoms with Crippen LogP contribution in [0.3, 0.4) is 0 Å². The maximum absolute atomic E-state index is 12.8. The van der Waals surface area contributed by atoms with Gasteiger partial charge < -0.3 is 5.73 Å². The van der Waals surface area contributed by atoms with Crippen molar-refractivity contribution >= 4 is 21.6 Å². The quantitative estimate of drug-likeness (QED) is 0.840. The summed E-state index contributed by atoms with van der Waals surface area (Å²) >= 11 is 0. The second kappa shape index (κ2) is 5.30. The van der Waals surface area contributed by atoms with Crippen LogP contribution in [0.25, 0.3) is 0 Å². The van der Waals surface area contributed by atoms with Crippen molar-refractivity contribution in [3.63, 3.8) is 0 Å². The highest BCUT2D eigenvalue weighted by Gasteiger charge is 2.19. The number of sulfonamides is 1. The Morgan fingerprint density at radius 2 is 1.65 bits per heavy atom. The van der Waals surface area contributed by atoms with E-state index in [1.54, 1.807) is 12.1 Å². The third kappa shape index (κ3) is 2.94. The average Bonchev–Trinajstić information content (AvgIpc) is 2.39. The van der Waals surface area contributed by atoms with Crippen LogP contribution < -0.4 is 10.5 Å². The van der Waals surface area contributed by atoms with Crippen molar-refractivity contribution in [1.29, 1.82) is 0 Å². The van der Waals surface area contributed by atoms with Gasteiger partial charge in [0.25, 0.3) is 15.9 Å². The molecule has 0 unspecified atom stereocenters. The summed E-state index contributed by atoms with van der Waals surface area (Å²) in [5.74, 6) is -1.41. The molecule has 1 amide bonds. The fourth-order valence-corrected chi connectivity index (χ4v) is 2.52. The number of hydrogen-bond donors (Lipinski definition) is 2. The standard InChI is InChI=1S/C13H11FN2O3S/c14-9-5-7-10(8-6-9)20(18,19)16-13(17)11-3-1-2-4-12(11)15/h1-8H,15H2,(H,16,17). The minimum atomic E-state index is -4.06. The highest BCUT2D eigenvalue weighted by molar-refractivity contribution is 7.90. The van der Waals surface area contributed by atoms with Crippen LogP contribution in [0.15, 0.2) is 53.4 Å². The lowest BCUT2D eigenvalue weighted by Crippen LogP contribution is -2.31. The van der Waals surface area contributed by atoms with Gasteiger partial charge >= 0.3 is 0 Å². The van der Waals surface area contributed by atoms with Crippen LogP contribution in [0, 0.1) is 5.82 Å². The molecule has 0 aliphatic carbocycles. The first kappa shape index (κ1) is 14.0. The Balaban J connectivity index is 2.27. The van der Waals surface area contributed by atoms with Crippen LogP contribution >= 0.6 is 0 Å². The van der Waals surface area contributed by atoms with E-state index in [0.717, 1.165) is 24.3 Å². The number of benzene rings is 2. The average molecular weight is 294 g/mol. The normalized spacial score (nSPS) is 11.1. The van der Waals surface area contributed by atoms with Crippen molar-refractivity contribution in [3.8, 4) is 0 Å². The van der Waals surface area contributed by atoms with E-state index < -0.39 is 21.7 Å². The lowest BCUT2D eigenvalue weighted by molar-refractivity contribution is 0.0982. The number of nitrogens with one attached hydrogen (secondary N) is 1. The molecule has 0 spiro atoms. The molecule has 0 radical (unpaired) electrons. The molecule has 3 N–H and O–H groups in total. The number of para-hydroxylation sites is 1. The molecule has 2 aromatic carbocycles. The van der Waals surface area contributed by atoms with Gasteiger partial charge in [-0.15, -0.1) is 0 Å². The molecule has 0 saturated carbocycles. The van der Waals surface area contributed by atoms with Crippen LogP contribution in [0.5, 0.6) is 0 Å². The largest absolute Gasteiger partial charge is 0.398 e. The smallest absolute Gasteiger partial charge is 0.267 e. The summed E-state index contributed by atoms with van der Waals surface area (Å²) in [5.41, 5.74) is 5.81. The van der Waals surface area contributed by atoms with E-state index in [1.165, 1.54) is 12.1 Å². The van der Waals surface area contributed by atoms with Gasteiger partial charge in [0.15, 0.2) is 0 Å². The SMILES string of the molecule is Nc1ccccc1C(=O)NS(=O)(=O)c1ccc(F)cc1. The fraction of sp³-hybridized carbons (Fsp3) is 0. The predicted molar refractivity (Wildman–Crippen MR) is 71.9 cm³/mol. The van der Waals surface area contributed by atoms with E-state index in [-0.39, 0.29) is 16.1 Å². The Kier molecular flexibility index (Phi) is 3.71. The lowest BCUT2D eigenvalue weighted by Gasteiger charge is -2.08. The topological polar surface area (TPSA) is 89.3 Å². The molecule has 2 rings (SSSR count). The van der Waals surface area contributed by atoms with Crippen LogP contribution in [0.2, 0.25) is 0 Å². The Morgan fingerprint density at radius 3 is 2.25 bits per heavy atom. The van der Waals surface area contributed by atoms with Gasteiger partial charge in [0, 0.05) is 5.69 Å². The van der Waals surface area contributed by atoms with Crippen molar-refractivity contribution in [2.75, 3.05) is 5.73 Å². The Morgan fingerprint density at radius 1 is 1.05 bits per heavy atom. The molecule has 5 nitrogen and oxygen atoms in total. The monoisotopic (exact) mass is 294 g/mol. The van der Waals surface area contributed by atoms with Gasteiger partial charge in [-0.1, -0.05) is 12.1 Å². The van der Waals surface area contributed by atoms with E-state index in [9.17, 15) is 17.6 Å². The van der Waals surface area contributed by atoms with E-state index in [2.05, 4.69) is 0 Å². The molecule has 0 bridgehead atoms. The maximum Gasteiger partial charge on any atom is 0.267 e. The summed E-state index contributed by atoms with van der Waals surface area (Å²) in [6.07, 6.45) is 0. The highest BCUT2D eigenvalue weighted by atomic mass is 32.2. The molecule has 0 aliphatic heterocycles. The maximum atomic E-state index is 12.8. The summed E-state index contributed by atoms with van der Waals surface area (Å²) in [5, 5.41) is 0. The molecule has 2 aromatic rings. The number of hydrogen-bond acceptors (Lipinski definition) is 4. The zero-order valence-corrected chi connectivity index (χ0v) is 11.0. The predicted octanol–water partition coefficient (Wildman–Crippen LogP) is 1.53. The number of rotatable bonds is 3. The van der Waals surface area contributed by atoms with Crippen molar-refractivity contribution < 1.29 is 17.6 Å². The van der Waals surface area contributed by atoms with Gasteiger partial charge in [-0.3, -0.25) is 4.79 Å². The summed E-state index contributed by atoms with van der Waals surface area (Å²) < 4.78 is 38.5. The van der Waals surface area contributed by atoms with Crippen molar-refractivity contribution in [1.82, 2.24) is 4.72 Å². The molecule has 0 atom stereocenters. The number of amides is 1. The van der Waals surface area contributed by atoms with Gasteiger partial charge in [-0.2, -0.15) is 0 Å². The zero-order valence-electron chi connectivity index (χ0n) is 10.2. The molecule has 20 heavy (non-hydrogen) atoms. The molecule has 0 heterocycles. The number of carbonyl (C=O) groups excluding carboxylic acids is 1. The number of halogens is 1. The minimum Gasteiger partial charge on any atom is -0.398 e. The van der Waals surface area contributed by atoms with Gasteiger partial charge in [0.05, 0.1) is 10.5 Å². The molecule has 7 heteroatoms. The van der Waals surface area contributed by atoms with E-state index in [0.29, 0.717) is 0 Å². The fourth-order valence-electron chi connectivity index (χ4n) is 1.55. The third-order valence-corrected chi connectivity index (χ3v) is 3.90. The first-order valence-electron chi connectivity index (χ1n) is 5.57. The second-order valence-electron chi connectivity index (χ2n) is 3.98. The molecule has 0 saturated heterocycles. The molecule has 0 aromatic heterocycles. The Labute approximate surface area is 115 Å². The van der Waals surface area contributed by atoms with E-state index in [1.807, 2.05) is 4.72 Å². The molecule has 0 fully saturated rings. The summed E-state index contributed by atoms with van der Waals surface area (Å²) in [7, 11) is -4.06. The second-order valence-corrected chi connectivity index (χ2v) is 5.66. The summed E-state index contributed by atoms with van der Waals surface area (Å²) in [6.45, 7) is 0. The number of nitrogens with two attached hydrogens (primary N) is 1. The van der Waals surface area contributed by atoms with Crippen molar-refractivity contribution in [2.24, 2.45) is 0 Å². The van der Waals surface area contributed by atoms with Crippen molar-refractivity contribution in [2.45, 2.75) is 4.90 Å². The Bertz CT molecular complexity index is 742. The minimum absolute atomic E-state index is 0.0539. The van der Waals surface area contributed by atoms with Gasteiger partial charge in [-0.25, -0.2) is 17.5 Å². The molecule has 0 aliphatic rings.